The molecule has 1 aromatic heterocycles. The predicted molar refractivity (Wildman–Crippen MR) is 121 cm³/mol. The van der Waals surface area contributed by atoms with E-state index in [0.717, 1.165) is 22.9 Å². The van der Waals surface area contributed by atoms with Crippen molar-refractivity contribution in [3.8, 4) is 0 Å². The van der Waals surface area contributed by atoms with Crippen molar-refractivity contribution < 1.29 is 14.0 Å². The third-order valence-electron chi connectivity index (χ3n) is 6.07. The number of hydrogen-bond donors (Lipinski definition) is 1. The summed E-state index contributed by atoms with van der Waals surface area (Å²) in [6, 6.07) is 9.49. The van der Waals surface area contributed by atoms with Gasteiger partial charge in [-0.25, -0.2) is 4.98 Å². The summed E-state index contributed by atoms with van der Waals surface area (Å²) >= 11 is 0. The van der Waals surface area contributed by atoms with Crippen molar-refractivity contribution in [2.75, 3.05) is 13.2 Å². The van der Waals surface area contributed by atoms with E-state index in [-0.39, 0.29) is 23.1 Å². The second-order valence-electron chi connectivity index (χ2n) is 9.18. The van der Waals surface area contributed by atoms with E-state index < -0.39 is 8.32 Å². The van der Waals surface area contributed by atoms with Crippen molar-refractivity contribution in [1.29, 1.82) is 0 Å². The summed E-state index contributed by atoms with van der Waals surface area (Å²) < 4.78 is 12.2. The van der Waals surface area contributed by atoms with Crippen LogP contribution in [-0.2, 0) is 9.16 Å². The Bertz CT molecular complexity index is 905. The number of pyridine rings is 1. The molecule has 1 fully saturated rings. The van der Waals surface area contributed by atoms with Crippen LogP contribution in [0.1, 0.15) is 43.2 Å². The van der Waals surface area contributed by atoms with Crippen molar-refractivity contribution in [2.24, 2.45) is 0 Å². The van der Waals surface area contributed by atoms with Gasteiger partial charge in [-0.1, -0.05) is 51.6 Å². The molecular weight excluding hydrogens is 380 g/mol. The number of carbonyl (C=O) groups excluding carboxylic acids is 1. The van der Waals surface area contributed by atoms with Gasteiger partial charge in [0.25, 0.3) is 5.91 Å². The van der Waals surface area contributed by atoms with E-state index in [1.807, 2.05) is 24.3 Å². The van der Waals surface area contributed by atoms with Crippen LogP contribution >= 0.6 is 0 Å². The number of ether oxygens (including phenoxy) is 1. The first-order chi connectivity index (χ1) is 13.6. The van der Waals surface area contributed by atoms with Gasteiger partial charge in [0.15, 0.2) is 8.32 Å². The van der Waals surface area contributed by atoms with Gasteiger partial charge >= 0.3 is 0 Å². The summed E-state index contributed by atoms with van der Waals surface area (Å²) in [5, 5.41) is 4.24. The smallest absolute Gasteiger partial charge is 0.270 e. The van der Waals surface area contributed by atoms with Crippen molar-refractivity contribution in [2.45, 2.75) is 57.5 Å². The van der Waals surface area contributed by atoms with Crippen LogP contribution in [-0.4, -0.2) is 44.6 Å². The quantitative estimate of drug-likeness (QED) is 0.718. The molecule has 0 spiro atoms. The zero-order valence-electron chi connectivity index (χ0n) is 18.1. The van der Waals surface area contributed by atoms with Gasteiger partial charge in [-0.2, -0.15) is 0 Å². The Balaban J connectivity index is 1.81. The molecule has 0 aliphatic carbocycles. The van der Waals surface area contributed by atoms with Crippen LogP contribution in [0.2, 0.25) is 18.1 Å². The van der Waals surface area contributed by atoms with E-state index in [1.54, 1.807) is 12.1 Å². The molecule has 1 saturated heterocycles. The molecule has 29 heavy (non-hydrogen) atoms. The van der Waals surface area contributed by atoms with E-state index in [2.05, 4.69) is 50.7 Å². The highest BCUT2D eigenvalue weighted by Gasteiger charge is 2.42. The first-order valence-corrected chi connectivity index (χ1v) is 13.1. The molecule has 2 heterocycles. The monoisotopic (exact) mass is 412 g/mol. The minimum absolute atomic E-state index is 0.0918. The fourth-order valence-electron chi connectivity index (χ4n) is 3.28. The van der Waals surface area contributed by atoms with Crippen LogP contribution in [0.25, 0.3) is 17.0 Å². The summed E-state index contributed by atoms with van der Waals surface area (Å²) in [5.74, 6) is -0.186. The number of para-hydroxylation sites is 1. The molecule has 0 unspecified atom stereocenters. The Hall–Kier alpha value is -2.02. The summed E-state index contributed by atoms with van der Waals surface area (Å²) in [5.41, 5.74) is 2.09. The second kappa shape index (κ2) is 8.38. The van der Waals surface area contributed by atoms with Crippen molar-refractivity contribution in [1.82, 2.24) is 10.3 Å². The fourth-order valence-corrected chi connectivity index (χ4v) is 4.62. The van der Waals surface area contributed by atoms with Crippen LogP contribution in [0.4, 0.5) is 0 Å². The molecule has 1 N–H and O–H groups in total. The molecule has 1 aliphatic heterocycles. The van der Waals surface area contributed by atoms with Crippen molar-refractivity contribution >= 4 is 31.2 Å². The highest BCUT2D eigenvalue weighted by molar-refractivity contribution is 6.74. The van der Waals surface area contributed by atoms with E-state index in [0.29, 0.717) is 18.9 Å². The van der Waals surface area contributed by atoms with E-state index in [4.69, 9.17) is 9.16 Å². The molecule has 1 aliphatic rings. The van der Waals surface area contributed by atoms with E-state index in [1.165, 1.54) is 0 Å². The van der Waals surface area contributed by atoms with Crippen LogP contribution < -0.4 is 5.32 Å². The largest absolute Gasteiger partial charge is 0.409 e. The Kier molecular flexibility index (Phi) is 6.26. The van der Waals surface area contributed by atoms with Crippen LogP contribution in [0.3, 0.4) is 0 Å². The Morgan fingerprint density at radius 3 is 2.76 bits per heavy atom. The molecule has 1 amide bonds. The summed E-state index contributed by atoms with van der Waals surface area (Å²) in [4.78, 5) is 17.6. The van der Waals surface area contributed by atoms with Crippen molar-refractivity contribution in [3.63, 3.8) is 0 Å². The Morgan fingerprint density at radius 2 is 2.07 bits per heavy atom. The maximum atomic E-state index is 13.0. The maximum absolute atomic E-state index is 13.0. The van der Waals surface area contributed by atoms with Crippen LogP contribution in [0.15, 0.2) is 36.9 Å². The number of amides is 1. The predicted octanol–water partition coefficient (Wildman–Crippen LogP) is 4.79. The van der Waals surface area contributed by atoms with Gasteiger partial charge in [-0.3, -0.25) is 4.79 Å². The number of rotatable bonds is 5. The van der Waals surface area contributed by atoms with E-state index in [9.17, 15) is 4.79 Å². The molecule has 0 saturated carbocycles. The number of benzene rings is 1. The first-order valence-electron chi connectivity index (χ1n) is 10.2. The standard InChI is InChI=1S/C23H32N2O3Si/c1-7-16-14-20(24-18-11-9-8-10-17(16)18)22(26)25-19-12-13-27-15-21(19)28-29(5,6)23(2,3)4/h7-11,14,19,21H,1,12-13,15H2,2-6H3,(H,25,26)/t19-,21-/m0/s1. The topological polar surface area (TPSA) is 60.5 Å². The molecule has 2 atom stereocenters. The zero-order chi connectivity index (χ0) is 21.2. The van der Waals surface area contributed by atoms with E-state index >= 15 is 0 Å². The van der Waals surface area contributed by atoms with Crippen LogP contribution in [0, 0.1) is 0 Å². The molecule has 2 aromatic rings. The van der Waals surface area contributed by atoms with Gasteiger partial charge < -0.3 is 14.5 Å². The van der Waals surface area contributed by atoms with Gasteiger partial charge in [0.2, 0.25) is 0 Å². The highest BCUT2D eigenvalue weighted by atomic mass is 28.4. The number of hydrogen-bond acceptors (Lipinski definition) is 4. The number of nitrogens with zero attached hydrogens (tertiary/aromatic N) is 1. The molecule has 6 heteroatoms. The molecule has 1 aromatic carbocycles. The van der Waals surface area contributed by atoms with Crippen molar-refractivity contribution in [3.05, 3.63) is 48.2 Å². The van der Waals surface area contributed by atoms with Gasteiger partial charge in [0, 0.05) is 12.0 Å². The normalized spacial score (nSPS) is 20.4. The minimum Gasteiger partial charge on any atom is -0.409 e. The second-order valence-corrected chi connectivity index (χ2v) is 13.9. The lowest BCUT2D eigenvalue weighted by Gasteiger charge is -2.42. The first kappa shape index (κ1) is 21.7. The molecular formula is C23H32N2O3Si. The van der Waals surface area contributed by atoms with Gasteiger partial charge in [-0.15, -0.1) is 0 Å². The summed E-state index contributed by atoms with van der Waals surface area (Å²) in [7, 11) is -1.98. The average molecular weight is 413 g/mol. The third-order valence-corrected chi connectivity index (χ3v) is 10.6. The highest BCUT2D eigenvalue weighted by Crippen LogP contribution is 2.38. The lowest BCUT2D eigenvalue weighted by Crippen LogP contribution is -2.55. The van der Waals surface area contributed by atoms with Gasteiger partial charge in [-0.05, 0) is 42.2 Å². The lowest BCUT2D eigenvalue weighted by atomic mass is 10.0. The van der Waals surface area contributed by atoms with Gasteiger partial charge in [0.1, 0.15) is 5.69 Å². The molecule has 0 bridgehead atoms. The zero-order valence-corrected chi connectivity index (χ0v) is 19.1. The number of carbonyl (C=O) groups is 1. The SMILES string of the molecule is C=Cc1cc(C(=O)N[C@H]2CCOC[C@@H]2O[Si](C)(C)C(C)(C)C)nc2ccccc12. The lowest BCUT2D eigenvalue weighted by molar-refractivity contribution is -0.0196. The average Bonchev–Trinajstić information content (AvgIpc) is 2.67. The number of nitrogens with one attached hydrogen (secondary N) is 1. The fraction of sp³-hybridized carbons (Fsp3) is 0.478. The molecule has 0 radical (unpaired) electrons. The number of fused-ring (bicyclic) bond motifs is 1. The minimum atomic E-state index is -1.98. The third kappa shape index (κ3) is 4.77. The molecule has 3 rings (SSSR count). The Morgan fingerprint density at radius 1 is 1.34 bits per heavy atom. The van der Waals surface area contributed by atoms with Crippen LogP contribution in [0.5, 0.6) is 0 Å². The maximum Gasteiger partial charge on any atom is 0.270 e. The summed E-state index contributed by atoms with van der Waals surface area (Å²) in [6.45, 7) is 16.1. The Labute approximate surface area is 174 Å². The summed E-state index contributed by atoms with van der Waals surface area (Å²) in [6.07, 6.45) is 2.35. The van der Waals surface area contributed by atoms with Gasteiger partial charge in [0.05, 0.1) is 24.3 Å². The number of aromatic nitrogens is 1. The molecule has 156 valence electrons. The molecule has 5 nitrogen and oxygen atoms in total.